The zero-order valence-electron chi connectivity index (χ0n) is 15.1. The molecule has 1 aliphatic rings. The van der Waals surface area contributed by atoms with Gasteiger partial charge in [-0.2, -0.15) is 0 Å². The highest BCUT2D eigenvalue weighted by Gasteiger charge is 2.26. The fourth-order valence-electron chi connectivity index (χ4n) is 3.38. The molecule has 4 rings (SSSR count). The minimum absolute atomic E-state index is 0.0344. The second-order valence-corrected chi connectivity index (χ2v) is 7.34. The first-order valence-electron chi connectivity index (χ1n) is 8.73. The predicted octanol–water partition coefficient (Wildman–Crippen LogP) is 3.46. The lowest BCUT2D eigenvalue weighted by Gasteiger charge is -2.31. The number of methoxy groups -OCH3 is 2. The van der Waals surface area contributed by atoms with E-state index in [-0.39, 0.29) is 17.8 Å². The summed E-state index contributed by atoms with van der Waals surface area (Å²) in [5.41, 5.74) is 1.82. The van der Waals surface area contributed by atoms with Crippen LogP contribution in [-0.4, -0.2) is 53.6 Å². The molecule has 0 aliphatic carbocycles. The van der Waals surface area contributed by atoms with E-state index in [4.69, 9.17) is 9.47 Å². The van der Waals surface area contributed by atoms with Crippen LogP contribution in [0, 0.1) is 5.82 Å². The summed E-state index contributed by atoms with van der Waals surface area (Å²) in [7, 11) is 3.11. The fourth-order valence-corrected chi connectivity index (χ4v) is 4.23. The van der Waals surface area contributed by atoms with Crippen molar-refractivity contribution in [1.29, 1.82) is 0 Å². The quantitative estimate of drug-likeness (QED) is 0.686. The van der Waals surface area contributed by atoms with E-state index in [2.05, 4.69) is 4.98 Å². The van der Waals surface area contributed by atoms with Gasteiger partial charge in [-0.1, -0.05) is 0 Å². The molecule has 1 atom stereocenters. The van der Waals surface area contributed by atoms with Crippen LogP contribution in [-0.2, 0) is 4.74 Å². The first kappa shape index (κ1) is 17.9. The molecule has 142 valence electrons. The van der Waals surface area contributed by atoms with Crippen molar-refractivity contribution < 1.29 is 18.7 Å². The average molecular weight is 389 g/mol. The predicted molar refractivity (Wildman–Crippen MR) is 101 cm³/mol. The van der Waals surface area contributed by atoms with Crippen molar-refractivity contribution in [2.75, 3.05) is 27.3 Å². The minimum Gasteiger partial charge on any atom is -0.494 e. The number of imidazole rings is 1. The third-order valence-corrected chi connectivity index (χ3v) is 5.71. The number of hydrogen-bond acceptors (Lipinski definition) is 5. The van der Waals surface area contributed by atoms with Crippen LogP contribution in [0.1, 0.15) is 23.3 Å². The lowest BCUT2D eigenvalue weighted by atomic mass is 10.1. The van der Waals surface area contributed by atoms with Crippen molar-refractivity contribution in [2.45, 2.75) is 18.9 Å². The van der Waals surface area contributed by atoms with Gasteiger partial charge in [-0.05, 0) is 31.0 Å². The molecule has 0 radical (unpaired) electrons. The van der Waals surface area contributed by atoms with Gasteiger partial charge in [-0.25, -0.2) is 9.37 Å². The molecule has 1 aromatic carbocycles. The van der Waals surface area contributed by atoms with E-state index in [1.807, 2.05) is 10.3 Å². The summed E-state index contributed by atoms with van der Waals surface area (Å²) >= 11 is 1.39. The summed E-state index contributed by atoms with van der Waals surface area (Å²) in [5.74, 6) is -0.289. The largest absolute Gasteiger partial charge is 0.494 e. The fraction of sp³-hybridized carbons (Fsp3) is 0.368. The molecule has 0 saturated carbocycles. The van der Waals surface area contributed by atoms with Crippen LogP contribution in [0.15, 0.2) is 29.8 Å². The second-order valence-electron chi connectivity index (χ2n) is 6.50. The van der Waals surface area contributed by atoms with Gasteiger partial charge >= 0.3 is 0 Å². The highest BCUT2D eigenvalue weighted by atomic mass is 32.1. The topological polar surface area (TPSA) is 56.1 Å². The number of benzene rings is 1. The Labute approximate surface area is 160 Å². The summed E-state index contributed by atoms with van der Waals surface area (Å²) in [6.45, 7) is 1.32. The number of hydrogen-bond donors (Lipinski definition) is 0. The number of thiazole rings is 1. The monoisotopic (exact) mass is 389 g/mol. The number of amides is 1. The molecule has 0 spiro atoms. The van der Waals surface area contributed by atoms with Crippen molar-refractivity contribution in [3.05, 3.63) is 41.3 Å². The number of piperidine rings is 1. The standard InChI is InChI=1S/C19H20FN3O3S/c1-25-13-4-3-7-22(9-13)18(24)16-11-27-19-21-15(10-23(16)19)12-5-6-17(26-2)14(20)8-12/h5-6,8,10-11,13H,3-4,7,9H2,1-2H3/t13-/m0/s1. The molecule has 2 aromatic heterocycles. The molecule has 0 unspecified atom stereocenters. The van der Waals surface area contributed by atoms with Crippen LogP contribution < -0.4 is 4.74 Å². The van der Waals surface area contributed by atoms with Gasteiger partial charge in [-0.15, -0.1) is 11.3 Å². The van der Waals surface area contributed by atoms with Gasteiger partial charge < -0.3 is 14.4 Å². The number of fused-ring (bicyclic) bond motifs is 1. The van der Waals surface area contributed by atoms with Gasteiger partial charge in [0.25, 0.3) is 5.91 Å². The first-order valence-corrected chi connectivity index (χ1v) is 9.61. The highest BCUT2D eigenvalue weighted by molar-refractivity contribution is 7.15. The van der Waals surface area contributed by atoms with Gasteiger partial charge in [0, 0.05) is 37.3 Å². The van der Waals surface area contributed by atoms with E-state index < -0.39 is 5.82 Å². The molecular weight excluding hydrogens is 369 g/mol. The molecule has 6 nitrogen and oxygen atoms in total. The van der Waals surface area contributed by atoms with Gasteiger partial charge in [0.05, 0.1) is 18.9 Å². The van der Waals surface area contributed by atoms with E-state index in [9.17, 15) is 9.18 Å². The number of nitrogens with zero attached hydrogens (tertiary/aromatic N) is 3. The van der Waals surface area contributed by atoms with E-state index >= 15 is 0 Å². The Balaban J connectivity index is 1.64. The van der Waals surface area contributed by atoms with Crippen LogP contribution in [0.4, 0.5) is 4.39 Å². The first-order chi connectivity index (χ1) is 13.1. The molecule has 1 amide bonds. The third-order valence-electron chi connectivity index (χ3n) is 4.87. The van der Waals surface area contributed by atoms with Crippen LogP contribution in [0.2, 0.25) is 0 Å². The Morgan fingerprint density at radius 1 is 1.37 bits per heavy atom. The number of likely N-dealkylation sites (tertiary alicyclic amines) is 1. The smallest absolute Gasteiger partial charge is 0.271 e. The maximum absolute atomic E-state index is 14.0. The molecule has 27 heavy (non-hydrogen) atoms. The Morgan fingerprint density at radius 3 is 2.96 bits per heavy atom. The van der Waals surface area contributed by atoms with Crippen LogP contribution in [0.25, 0.3) is 16.2 Å². The second kappa shape index (κ2) is 7.28. The lowest BCUT2D eigenvalue weighted by molar-refractivity contribution is 0.0265. The lowest BCUT2D eigenvalue weighted by Crippen LogP contribution is -2.43. The number of halogens is 1. The van der Waals surface area contributed by atoms with Crippen LogP contribution in [0.3, 0.4) is 0 Å². The van der Waals surface area contributed by atoms with Crippen molar-refractivity contribution in [3.8, 4) is 17.0 Å². The summed E-state index contributed by atoms with van der Waals surface area (Å²) in [5, 5.41) is 1.82. The summed E-state index contributed by atoms with van der Waals surface area (Å²) < 4.78 is 26.2. The van der Waals surface area contributed by atoms with E-state index in [1.165, 1.54) is 24.5 Å². The molecule has 0 bridgehead atoms. The number of rotatable bonds is 4. The van der Waals surface area contributed by atoms with E-state index in [0.29, 0.717) is 28.5 Å². The maximum Gasteiger partial charge on any atom is 0.271 e. The van der Waals surface area contributed by atoms with E-state index in [1.54, 1.807) is 29.8 Å². The zero-order chi connectivity index (χ0) is 19.0. The van der Waals surface area contributed by atoms with Gasteiger partial charge in [0.1, 0.15) is 5.69 Å². The van der Waals surface area contributed by atoms with Gasteiger partial charge in [-0.3, -0.25) is 9.20 Å². The number of carbonyl (C=O) groups excluding carboxylic acids is 1. The Morgan fingerprint density at radius 2 is 2.22 bits per heavy atom. The summed E-state index contributed by atoms with van der Waals surface area (Å²) in [6.07, 6.45) is 3.76. The van der Waals surface area contributed by atoms with Crippen molar-refractivity contribution in [1.82, 2.24) is 14.3 Å². The molecule has 3 heterocycles. The molecule has 1 aliphatic heterocycles. The van der Waals surface area contributed by atoms with Crippen molar-refractivity contribution >= 4 is 22.2 Å². The normalized spacial score (nSPS) is 17.4. The summed E-state index contributed by atoms with van der Waals surface area (Å²) in [4.78, 5) is 20.0. The van der Waals surface area contributed by atoms with Crippen molar-refractivity contribution in [3.63, 3.8) is 0 Å². The van der Waals surface area contributed by atoms with Crippen LogP contribution in [0.5, 0.6) is 5.75 Å². The number of ether oxygens (including phenoxy) is 2. The summed E-state index contributed by atoms with van der Waals surface area (Å²) in [6, 6.07) is 4.72. The van der Waals surface area contributed by atoms with Crippen molar-refractivity contribution in [2.24, 2.45) is 0 Å². The highest BCUT2D eigenvalue weighted by Crippen LogP contribution is 2.28. The molecular formula is C19H20FN3O3S. The van der Waals surface area contributed by atoms with Gasteiger partial charge in [0.2, 0.25) is 0 Å². The molecule has 0 N–H and O–H groups in total. The molecule has 1 fully saturated rings. The Bertz CT molecular complexity index is 984. The number of aromatic nitrogens is 2. The maximum atomic E-state index is 14.0. The SMILES string of the molecule is COc1ccc(-c2cn3c(C(=O)N4CCC[C@H](OC)C4)csc3n2)cc1F. The Hall–Kier alpha value is -2.45. The van der Waals surface area contributed by atoms with E-state index in [0.717, 1.165) is 19.4 Å². The Kier molecular flexibility index (Phi) is 4.84. The average Bonchev–Trinajstić information content (AvgIpc) is 3.28. The third kappa shape index (κ3) is 3.30. The van der Waals surface area contributed by atoms with Crippen LogP contribution >= 0.6 is 11.3 Å². The molecule has 3 aromatic rings. The number of carbonyl (C=O) groups is 1. The molecule has 1 saturated heterocycles. The molecule has 8 heteroatoms. The van der Waals surface area contributed by atoms with Gasteiger partial charge in [0.15, 0.2) is 16.5 Å². The zero-order valence-corrected chi connectivity index (χ0v) is 16.0. The minimum atomic E-state index is -0.443.